The fraction of sp³-hybridized carbons (Fsp3) is 0.375. The van der Waals surface area contributed by atoms with Crippen molar-refractivity contribution in [3.8, 4) is 6.07 Å². The lowest BCUT2D eigenvalue weighted by atomic mass is 10.00. The van der Waals surface area contributed by atoms with Gasteiger partial charge >= 0.3 is 0 Å². The second kappa shape index (κ2) is 5.68. The number of benzene rings is 1. The van der Waals surface area contributed by atoms with E-state index in [1.54, 1.807) is 0 Å². The third-order valence-electron chi connectivity index (χ3n) is 3.46. The molecule has 2 rings (SSSR count). The van der Waals surface area contributed by atoms with Crippen LogP contribution in [0.3, 0.4) is 0 Å². The third kappa shape index (κ3) is 2.57. The number of hydrogen-bond donors (Lipinski definition) is 0. The van der Waals surface area contributed by atoms with Gasteiger partial charge in [-0.05, 0) is 43.5 Å². The molecule has 1 heterocycles. The van der Waals surface area contributed by atoms with Crippen LogP contribution in [0.5, 0.6) is 0 Å². The molecule has 0 saturated heterocycles. The average molecular weight is 288 g/mol. The maximum absolute atomic E-state index is 8.84. The first-order valence-electron chi connectivity index (χ1n) is 6.59. The predicted molar refractivity (Wildman–Crippen MR) is 84.5 cm³/mol. The van der Waals surface area contributed by atoms with Crippen molar-refractivity contribution in [3.63, 3.8) is 0 Å². The van der Waals surface area contributed by atoms with E-state index in [4.69, 9.17) is 21.8 Å². The van der Waals surface area contributed by atoms with E-state index in [-0.39, 0.29) is 0 Å². The summed E-state index contributed by atoms with van der Waals surface area (Å²) in [7, 11) is 4.03. The first-order valence-corrected chi connectivity index (χ1v) is 6.97. The Morgan fingerprint density at radius 3 is 2.60 bits per heavy atom. The summed E-state index contributed by atoms with van der Waals surface area (Å²) < 4.78 is 0. The number of rotatable bonds is 3. The number of anilines is 1. The van der Waals surface area contributed by atoms with E-state index in [0.717, 1.165) is 38.4 Å². The minimum Gasteiger partial charge on any atom is -0.377 e. The van der Waals surface area contributed by atoms with Gasteiger partial charge in [0.05, 0.1) is 17.3 Å². The molecule has 4 heteroatoms. The van der Waals surface area contributed by atoms with E-state index in [1.807, 2.05) is 40.1 Å². The monoisotopic (exact) mass is 287 g/mol. The van der Waals surface area contributed by atoms with Crippen LogP contribution in [0.1, 0.15) is 23.2 Å². The summed E-state index contributed by atoms with van der Waals surface area (Å²) >= 11 is 6.20. The molecule has 0 saturated carbocycles. The van der Waals surface area contributed by atoms with Crippen molar-refractivity contribution in [2.24, 2.45) is 0 Å². The van der Waals surface area contributed by atoms with Crippen LogP contribution in [0.25, 0.3) is 10.9 Å². The minimum atomic E-state index is 0.494. The number of halogens is 1. The second-order valence-corrected chi connectivity index (χ2v) is 5.63. The Kier molecular flexibility index (Phi) is 4.15. The smallest absolute Gasteiger partial charge is 0.0756 e. The standard InChI is InChI=1S/C16H18ClN3/c1-10-8-12(17)9-14-15(10)19-11(2)13(6-5-7-18)16(14)20(3)4/h8-9H,5-6H2,1-4H3. The molecule has 104 valence electrons. The fourth-order valence-electron chi connectivity index (χ4n) is 2.62. The quantitative estimate of drug-likeness (QED) is 0.856. The molecule has 0 bridgehead atoms. The van der Waals surface area contributed by atoms with Crippen molar-refractivity contribution in [3.05, 3.63) is 34.0 Å². The molecule has 1 aromatic heterocycles. The van der Waals surface area contributed by atoms with Crippen LogP contribution < -0.4 is 4.90 Å². The zero-order valence-corrected chi connectivity index (χ0v) is 13.0. The zero-order chi connectivity index (χ0) is 14.9. The van der Waals surface area contributed by atoms with Crippen molar-refractivity contribution in [1.29, 1.82) is 5.26 Å². The summed E-state index contributed by atoms with van der Waals surface area (Å²) in [4.78, 5) is 6.80. The number of aryl methyl sites for hydroxylation is 2. The van der Waals surface area contributed by atoms with Crippen LogP contribution in [-0.4, -0.2) is 19.1 Å². The summed E-state index contributed by atoms with van der Waals surface area (Å²) in [5, 5.41) is 10.6. The molecular weight excluding hydrogens is 270 g/mol. The van der Waals surface area contributed by atoms with Gasteiger partial charge in [0.25, 0.3) is 0 Å². The average Bonchev–Trinajstić information content (AvgIpc) is 2.36. The Bertz CT molecular complexity index is 699. The highest BCUT2D eigenvalue weighted by atomic mass is 35.5. The number of aromatic nitrogens is 1. The van der Waals surface area contributed by atoms with E-state index in [9.17, 15) is 0 Å². The van der Waals surface area contributed by atoms with E-state index in [2.05, 4.69) is 11.0 Å². The van der Waals surface area contributed by atoms with Crippen molar-refractivity contribution < 1.29 is 0 Å². The highest BCUT2D eigenvalue weighted by molar-refractivity contribution is 6.31. The summed E-state index contributed by atoms with van der Waals surface area (Å²) in [5.74, 6) is 0. The minimum absolute atomic E-state index is 0.494. The van der Waals surface area contributed by atoms with Gasteiger partial charge in [-0.3, -0.25) is 4.98 Å². The Morgan fingerprint density at radius 1 is 1.30 bits per heavy atom. The Labute approximate surface area is 124 Å². The van der Waals surface area contributed by atoms with E-state index in [1.165, 1.54) is 0 Å². The lowest BCUT2D eigenvalue weighted by Crippen LogP contribution is -2.14. The lowest BCUT2D eigenvalue weighted by Gasteiger charge is -2.22. The first-order chi connectivity index (χ1) is 9.45. The Morgan fingerprint density at radius 2 is 2.00 bits per heavy atom. The first kappa shape index (κ1) is 14.6. The van der Waals surface area contributed by atoms with Gasteiger partial charge in [-0.1, -0.05) is 11.6 Å². The van der Waals surface area contributed by atoms with Gasteiger partial charge in [0.15, 0.2) is 0 Å². The van der Waals surface area contributed by atoms with Gasteiger partial charge in [0.1, 0.15) is 0 Å². The van der Waals surface area contributed by atoms with Crippen molar-refractivity contribution in [1.82, 2.24) is 4.98 Å². The topological polar surface area (TPSA) is 39.9 Å². The van der Waals surface area contributed by atoms with Crippen molar-refractivity contribution >= 4 is 28.2 Å². The van der Waals surface area contributed by atoms with Gasteiger partial charge in [-0.25, -0.2) is 0 Å². The van der Waals surface area contributed by atoms with Gasteiger partial charge in [0, 0.05) is 36.6 Å². The van der Waals surface area contributed by atoms with E-state index in [0.29, 0.717) is 12.8 Å². The molecule has 0 atom stereocenters. The van der Waals surface area contributed by atoms with E-state index < -0.39 is 0 Å². The third-order valence-corrected chi connectivity index (χ3v) is 3.67. The molecule has 0 aliphatic carbocycles. The Balaban J connectivity index is 2.83. The summed E-state index contributed by atoms with van der Waals surface area (Å²) in [6, 6.07) is 6.10. The molecule has 0 amide bonds. The number of fused-ring (bicyclic) bond motifs is 1. The van der Waals surface area contributed by atoms with Crippen LogP contribution in [0.2, 0.25) is 5.02 Å². The molecule has 0 spiro atoms. The number of pyridine rings is 1. The summed E-state index contributed by atoms with van der Waals surface area (Å²) in [5.41, 5.74) is 5.29. The molecule has 2 aromatic rings. The molecule has 0 aliphatic rings. The molecule has 3 nitrogen and oxygen atoms in total. The largest absolute Gasteiger partial charge is 0.377 e. The highest BCUT2D eigenvalue weighted by Gasteiger charge is 2.16. The summed E-state index contributed by atoms with van der Waals surface area (Å²) in [6.07, 6.45) is 1.21. The molecular formula is C16H18ClN3. The summed E-state index contributed by atoms with van der Waals surface area (Å²) in [6.45, 7) is 4.03. The SMILES string of the molecule is Cc1nc2c(C)cc(Cl)cc2c(N(C)C)c1CCC#N. The highest BCUT2D eigenvalue weighted by Crippen LogP contribution is 2.34. The molecule has 0 radical (unpaired) electrons. The van der Waals surface area contributed by atoms with Gasteiger partial charge in [0.2, 0.25) is 0 Å². The maximum atomic E-state index is 8.84. The van der Waals surface area contributed by atoms with Crippen LogP contribution in [-0.2, 0) is 6.42 Å². The van der Waals surface area contributed by atoms with Crippen LogP contribution in [0.15, 0.2) is 12.1 Å². The number of nitrogens with zero attached hydrogens (tertiary/aromatic N) is 3. The molecule has 0 aliphatic heterocycles. The van der Waals surface area contributed by atoms with Crippen LogP contribution in [0.4, 0.5) is 5.69 Å². The molecule has 20 heavy (non-hydrogen) atoms. The van der Waals surface area contributed by atoms with Gasteiger partial charge in [-0.15, -0.1) is 0 Å². The molecule has 1 aromatic carbocycles. The van der Waals surface area contributed by atoms with Crippen molar-refractivity contribution in [2.75, 3.05) is 19.0 Å². The Hall–Kier alpha value is -1.79. The maximum Gasteiger partial charge on any atom is 0.0756 e. The fourth-order valence-corrected chi connectivity index (χ4v) is 2.90. The molecule has 0 N–H and O–H groups in total. The predicted octanol–water partition coefficient (Wildman–Crippen LogP) is 4.03. The van der Waals surface area contributed by atoms with Crippen LogP contribution in [0, 0.1) is 25.2 Å². The zero-order valence-electron chi connectivity index (χ0n) is 12.3. The van der Waals surface area contributed by atoms with Crippen LogP contribution >= 0.6 is 11.6 Å². The van der Waals surface area contributed by atoms with Gasteiger partial charge < -0.3 is 4.90 Å². The normalized spacial score (nSPS) is 10.6. The van der Waals surface area contributed by atoms with Crippen molar-refractivity contribution in [2.45, 2.75) is 26.7 Å². The molecule has 0 unspecified atom stereocenters. The number of hydrogen-bond acceptors (Lipinski definition) is 3. The number of nitriles is 1. The lowest BCUT2D eigenvalue weighted by molar-refractivity contribution is 0.960. The van der Waals surface area contributed by atoms with E-state index >= 15 is 0 Å². The second-order valence-electron chi connectivity index (χ2n) is 5.20. The molecule has 0 fully saturated rings. The van der Waals surface area contributed by atoms with Gasteiger partial charge in [-0.2, -0.15) is 5.26 Å².